The van der Waals surface area contributed by atoms with Crippen molar-refractivity contribution in [2.75, 3.05) is 13.1 Å². The van der Waals surface area contributed by atoms with E-state index in [1.54, 1.807) is 0 Å². The summed E-state index contributed by atoms with van der Waals surface area (Å²) in [6, 6.07) is 10.5. The lowest BCUT2D eigenvalue weighted by molar-refractivity contribution is 0.272. The second kappa shape index (κ2) is 5.41. The van der Waals surface area contributed by atoms with Gasteiger partial charge in [-0.25, -0.2) is 0 Å². The highest BCUT2D eigenvalue weighted by Gasteiger charge is 2.21. The first kappa shape index (κ1) is 11.6. The van der Waals surface area contributed by atoms with E-state index < -0.39 is 0 Å². The van der Waals surface area contributed by atoms with Crippen LogP contribution in [0.3, 0.4) is 0 Å². The summed E-state index contributed by atoms with van der Waals surface area (Å²) in [7, 11) is 0. The normalized spacial score (nSPS) is 19.7. The maximum atomic E-state index is 3.56. The fourth-order valence-electron chi connectivity index (χ4n) is 1.84. The molecule has 0 fully saturated rings. The van der Waals surface area contributed by atoms with Crippen LogP contribution in [0.25, 0.3) is 5.70 Å². The second-order valence-corrected chi connectivity index (χ2v) is 4.71. The first-order chi connectivity index (χ1) is 7.85. The summed E-state index contributed by atoms with van der Waals surface area (Å²) in [5.41, 5.74) is 2.90. The summed E-state index contributed by atoms with van der Waals surface area (Å²) in [6.45, 7) is 6.56. The quantitative estimate of drug-likeness (QED) is 0.862. The first-order valence-corrected chi connectivity index (χ1v) is 6.71. The minimum absolute atomic E-state index is 0.394. The SMILES string of the molecule is CCN(CC)[C@H]1NC(c2ccccc2)=CS1. The van der Waals surface area contributed by atoms with Gasteiger partial charge in [-0.2, -0.15) is 0 Å². The van der Waals surface area contributed by atoms with E-state index in [0.29, 0.717) is 5.50 Å². The summed E-state index contributed by atoms with van der Waals surface area (Å²) in [4.78, 5) is 2.41. The lowest BCUT2D eigenvalue weighted by atomic mass is 10.2. The average molecular weight is 234 g/mol. The lowest BCUT2D eigenvalue weighted by Crippen LogP contribution is -2.39. The Morgan fingerprint density at radius 2 is 1.88 bits per heavy atom. The molecule has 1 aliphatic rings. The molecule has 16 heavy (non-hydrogen) atoms. The molecule has 1 aliphatic heterocycles. The summed E-state index contributed by atoms with van der Waals surface area (Å²) in [5, 5.41) is 5.78. The molecule has 1 heterocycles. The highest BCUT2D eigenvalue weighted by atomic mass is 32.2. The Hall–Kier alpha value is -0.930. The largest absolute Gasteiger partial charge is 0.360 e. The molecule has 1 atom stereocenters. The van der Waals surface area contributed by atoms with Gasteiger partial charge in [0.25, 0.3) is 0 Å². The van der Waals surface area contributed by atoms with Crippen molar-refractivity contribution in [2.45, 2.75) is 19.3 Å². The summed E-state index contributed by atoms with van der Waals surface area (Å²) < 4.78 is 0. The van der Waals surface area contributed by atoms with Crippen LogP contribution in [0.2, 0.25) is 0 Å². The van der Waals surface area contributed by atoms with Crippen molar-refractivity contribution in [1.82, 2.24) is 10.2 Å². The van der Waals surface area contributed by atoms with Gasteiger partial charge < -0.3 is 5.32 Å². The first-order valence-electron chi connectivity index (χ1n) is 5.76. The van der Waals surface area contributed by atoms with Gasteiger partial charge in [-0.1, -0.05) is 55.9 Å². The highest BCUT2D eigenvalue weighted by molar-refractivity contribution is 8.03. The number of hydrogen-bond donors (Lipinski definition) is 1. The van der Waals surface area contributed by atoms with Gasteiger partial charge in [-0.3, -0.25) is 4.90 Å². The van der Waals surface area contributed by atoms with Crippen LogP contribution in [0.15, 0.2) is 35.7 Å². The van der Waals surface area contributed by atoms with Gasteiger partial charge in [0.15, 0.2) is 0 Å². The number of rotatable bonds is 4. The van der Waals surface area contributed by atoms with E-state index in [1.165, 1.54) is 11.3 Å². The van der Waals surface area contributed by atoms with Crippen molar-refractivity contribution in [3.05, 3.63) is 41.3 Å². The predicted octanol–water partition coefficient (Wildman–Crippen LogP) is 2.95. The maximum absolute atomic E-state index is 3.56. The Labute approximate surface area is 102 Å². The zero-order valence-corrected chi connectivity index (χ0v) is 10.6. The van der Waals surface area contributed by atoms with Crippen LogP contribution in [0.5, 0.6) is 0 Å². The molecule has 0 bridgehead atoms. The Bertz CT molecular complexity index is 357. The minimum atomic E-state index is 0.394. The van der Waals surface area contributed by atoms with E-state index in [9.17, 15) is 0 Å². The zero-order valence-electron chi connectivity index (χ0n) is 9.81. The van der Waals surface area contributed by atoms with E-state index in [0.717, 1.165) is 13.1 Å². The molecular weight excluding hydrogens is 216 g/mol. The molecule has 1 aromatic rings. The third-order valence-corrected chi connectivity index (χ3v) is 3.87. The molecule has 0 saturated carbocycles. The van der Waals surface area contributed by atoms with Crippen molar-refractivity contribution in [3.8, 4) is 0 Å². The Morgan fingerprint density at radius 1 is 1.19 bits per heavy atom. The summed E-state index contributed by atoms with van der Waals surface area (Å²) in [6.07, 6.45) is 0. The van der Waals surface area contributed by atoms with Gasteiger partial charge in [0.1, 0.15) is 5.50 Å². The van der Waals surface area contributed by atoms with Crippen LogP contribution in [-0.2, 0) is 0 Å². The van der Waals surface area contributed by atoms with Crippen molar-refractivity contribution in [3.63, 3.8) is 0 Å². The van der Waals surface area contributed by atoms with E-state index in [1.807, 2.05) is 17.8 Å². The van der Waals surface area contributed by atoms with Crippen LogP contribution < -0.4 is 5.32 Å². The van der Waals surface area contributed by atoms with Gasteiger partial charge in [-0.05, 0) is 24.1 Å². The third kappa shape index (κ3) is 2.42. The molecule has 0 aliphatic carbocycles. The van der Waals surface area contributed by atoms with Crippen LogP contribution in [-0.4, -0.2) is 23.5 Å². The number of nitrogens with zero attached hydrogens (tertiary/aromatic N) is 1. The van der Waals surface area contributed by atoms with Gasteiger partial charge >= 0.3 is 0 Å². The summed E-state index contributed by atoms with van der Waals surface area (Å²) >= 11 is 1.86. The summed E-state index contributed by atoms with van der Waals surface area (Å²) in [5.74, 6) is 0. The predicted molar refractivity (Wildman–Crippen MR) is 71.9 cm³/mol. The van der Waals surface area contributed by atoms with Gasteiger partial charge in [0, 0.05) is 5.70 Å². The lowest BCUT2D eigenvalue weighted by Gasteiger charge is -2.26. The molecule has 0 aromatic heterocycles. The number of benzene rings is 1. The van der Waals surface area contributed by atoms with Crippen molar-refractivity contribution in [1.29, 1.82) is 0 Å². The van der Waals surface area contributed by atoms with Crippen molar-refractivity contribution >= 4 is 17.5 Å². The monoisotopic (exact) mass is 234 g/mol. The Morgan fingerprint density at radius 3 is 2.50 bits per heavy atom. The van der Waals surface area contributed by atoms with E-state index in [4.69, 9.17) is 0 Å². The molecule has 3 heteroatoms. The molecular formula is C13H18N2S. The van der Waals surface area contributed by atoms with Crippen LogP contribution in [0, 0.1) is 0 Å². The van der Waals surface area contributed by atoms with Crippen LogP contribution >= 0.6 is 11.8 Å². The maximum Gasteiger partial charge on any atom is 0.132 e. The smallest absolute Gasteiger partial charge is 0.132 e. The van der Waals surface area contributed by atoms with E-state index in [2.05, 4.69) is 53.7 Å². The molecule has 1 aromatic carbocycles. The molecule has 0 spiro atoms. The minimum Gasteiger partial charge on any atom is -0.360 e. The number of nitrogens with one attached hydrogen (secondary N) is 1. The second-order valence-electron chi connectivity index (χ2n) is 3.75. The molecule has 0 unspecified atom stereocenters. The zero-order chi connectivity index (χ0) is 11.4. The molecule has 86 valence electrons. The average Bonchev–Trinajstić information content (AvgIpc) is 2.81. The fraction of sp³-hybridized carbons (Fsp3) is 0.385. The van der Waals surface area contributed by atoms with Crippen LogP contribution in [0.1, 0.15) is 19.4 Å². The Kier molecular flexibility index (Phi) is 3.91. The van der Waals surface area contributed by atoms with Crippen molar-refractivity contribution < 1.29 is 0 Å². The number of hydrogen-bond acceptors (Lipinski definition) is 3. The molecule has 2 nitrogen and oxygen atoms in total. The van der Waals surface area contributed by atoms with Gasteiger partial charge in [0.2, 0.25) is 0 Å². The highest BCUT2D eigenvalue weighted by Crippen LogP contribution is 2.28. The van der Waals surface area contributed by atoms with Crippen LogP contribution in [0.4, 0.5) is 0 Å². The van der Waals surface area contributed by atoms with Gasteiger partial charge in [0.05, 0.1) is 0 Å². The standard InChI is InChI=1S/C13H18N2S/c1-3-15(4-2)13-14-12(10-16-13)11-8-6-5-7-9-11/h5-10,13-14H,3-4H2,1-2H3/t13-/m1/s1. The third-order valence-electron chi connectivity index (χ3n) is 2.82. The van der Waals surface area contributed by atoms with E-state index >= 15 is 0 Å². The van der Waals surface area contributed by atoms with Gasteiger partial charge in [-0.15, -0.1) is 0 Å². The fourth-order valence-corrected chi connectivity index (χ4v) is 2.97. The molecule has 0 saturated heterocycles. The Balaban J connectivity index is 2.02. The molecule has 0 amide bonds. The van der Waals surface area contributed by atoms with Crippen molar-refractivity contribution in [2.24, 2.45) is 0 Å². The molecule has 1 N–H and O–H groups in total. The molecule has 2 rings (SSSR count). The number of thioether (sulfide) groups is 1. The topological polar surface area (TPSA) is 15.3 Å². The van der Waals surface area contributed by atoms with E-state index in [-0.39, 0.29) is 0 Å². The molecule has 0 radical (unpaired) electrons.